The van der Waals surface area contributed by atoms with E-state index in [9.17, 15) is 4.39 Å². The van der Waals surface area contributed by atoms with Crippen molar-refractivity contribution in [3.8, 4) is 0 Å². The summed E-state index contributed by atoms with van der Waals surface area (Å²) in [7, 11) is 1.67. The zero-order valence-electron chi connectivity index (χ0n) is 12.6. The molecule has 2 aromatic rings. The number of aromatic nitrogens is 1. The highest BCUT2D eigenvalue weighted by molar-refractivity contribution is 7.11. The van der Waals surface area contributed by atoms with Gasteiger partial charge < -0.3 is 10.1 Å². The molecule has 0 saturated heterocycles. The van der Waals surface area contributed by atoms with Crippen LogP contribution in [0.1, 0.15) is 34.1 Å². The molecule has 0 bridgehead atoms. The summed E-state index contributed by atoms with van der Waals surface area (Å²) in [6.07, 6.45) is 0.913. The molecule has 0 amide bonds. The fourth-order valence-corrected chi connectivity index (χ4v) is 3.36. The average Bonchev–Trinajstić information content (AvgIpc) is 2.84. The van der Waals surface area contributed by atoms with Gasteiger partial charge in [0.25, 0.3) is 0 Å². The van der Waals surface area contributed by atoms with Gasteiger partial charge in [0.2, 0.25) is 0 Å². The van der Waals surface area contributed by atoms with Crippen LogP contribution in [0.5, 0.6) is 0 Å². The van der Waals surface area contributed by atoms with Gasteiger partial charge in [-0.15, -0.1) is 11.3 Å². The number of halogens is 1. The summed E-state index contributed by atoms with van der Waals surface area (Å²) in [6, 6.07) is 6.58. The zero-order valence-corrected chi connectivity index (χ0v) is 13.5. The number of thiazole rings is 1. The van der Waals surface area contributed by atoms with Gasteiger partial charge in [0.1, 0.15) is 10.8 Å². The van der Waals surface area contributed by atoms with Crippen LogP contribution in [-0.4, -0.2) is 25.2 Å². The Balaban J connectivity index is 2.30. The molecule has 0 radical (unpaired) electrons. The topological polar surface area (TPSA) is 34.2 Å². The summed E-state index contributed by atoms with van der Waals surface area (Å²) in [5.41, 5.74) is 2.01. The molecule has 0 aliphatic heterocycles. The Bertz CT molecular complexity index is 585. The summed E-state index contributed by atoms with van der Waals surface area (Å²) >= 11 is 1.67. The molecule has 114 valence electrons. The number of hydrogen-bond acceptors (Lipinski definition) is 4. The molecule has 1 aromatic heterocycles. The summed E-state index contributed by atoms with van der Waals surface area (Å²) in [6.45, 7) is 5.48. The van der Waals surface area contributed by atoms with E-state index in [0.29, 0.717) is 13.2 Å². The number of ether oxygens (including phenoxy) is 1. The second kappa shape index (κ2) is 7.64. The molecule has 5 heteroatoms. The van der Waals surface area contributed by atoms with Crippen LogP contribution in [0.3, 0.4) is 0 Å². The summed E-state index contributed by atoms with van der Waals surface area (Å²) in [5.74, 6) is -0.227. The standard InChI is InChI=1S/C16H21FN2OS/c1-4-14-11(2)21-16(19-14)15(18-8-9-20-3)12-6-5-7-13(17)10-12/h5-7,10,15,18H,4,8-9H2,1-3H3. The Morgan fingerprint density at radius 2 is 2.24 bits per heavy atom. The van der Waals surface area contributed by atoms with Crippen molar-refractivity contribution in [2.75, 3.05) is 20.3 Å². The molecule has 21 heavy (non-hydrogen) atoms. The van der Waals surface area contributed by atoms with Gasteiger partial charge in [-0.05, 0) is 31.0 Å². The number of hydrogen-bond donors (Lipinski definition) is 1. The maximum atomic E-state index is 13.5. The average molecular weight is 308 g/mol. The monoisotopic (exact) mass is 308 g/mol. The fraction of sp³-hybridized carbons (Fsp3) is 0.438. The number of aryl methyl sites for hydroxylation is 2. The summed E-state index contributed by atoms with van der Waals surface area (Å²) in [4.78, 5) is 5.93. The van der Waals surface area contributed by atoms with Crippen LogP contribution in [0.4, 0.5) is 4.39 Å². The molecule has 1 atom stereocenters. The highest BCUT2D eigenvalue weighted by Crippen LogP contribution is 2.28. The first-order valence-electron chi connectivity index (χ1n) is 7.09. The lowest BCUT2D eigenvalue weighted by molar-refractivity contribution is 0.197. The van der Waals surface area contributed by atoms with Crippen LogP contribution in [0, 0.1) is 12.7 Å². The normalized spacial score (nSPS) is 12.6. The smallest absolute Gasteiger partial charge is 0.123 e. The molecular formula is C16H21FN2OS. The van der Waals surface area contributed by atoms with Gasteiger partial charge in [-0.2, -0.15) is 0 Å². The van der Waals surface area contributed by atoms with Crippen LogP contribution in [0.25, 0.3) is 0 Å². The number of nitrogens with one attached hydrogen (secondary N) is 1. The Kier molecular flexibility index (Phi) is 5.85. The van der Waals surface area contributed by atoms with Crippen molar-refractivity contribution in [2.45, 2.75) is 26.3 Å². The van der Waals surface area contributed by atoms with E-state index in [1.54, 1.807) is 30.6 Å². The second-order valence-electron chi connectivity index (χ2n) is 4.84. The van der Waals surface area contributed by atoms with E-state index in [2.05, 4.69) is 19.2 Å². The molecule has 0 saturated carbocycles. The van der Waals surface area contributed by atoms with Gasteiger partial charge in [0.15, 0.2) is 0 Å². The lowest BCUT2D eigenvalue weighted by Crippen LogP contribution is -2.26. The second-order valence-corrected chi connectivity index (χ2v) is 6.08. The highest BCUT2D eigenvalue weighted by atomic mass is 32.1. The van der Waals surface area contributed by atoms with E-state index in [1.807, 2.05) is 6.07 Å². The van der Waals surface area contributed by atoms with E-state index in [4.69, 9.17) is 9.72 Å². The van der Waals surface area contributed by atoms with Crippen molar-refractivity contribution in [3.63, 3.8) is 0 Å². The molecule has 0 aliphatic carbocycles. The van der Waals surface area contributed by atoms with Gasteiger partial charge in [0.05, 0.1) is 18.3 Å². The van der Waals surface area contributed by atoms with Crippen molar-refractivity contribution < 1.29 is 9.13 Å². The Morgan fingerprint density at radius 3 is 2.86 bits per heavy atom. The number of rotatable bonds is 7. The van der Waals surface area contributed by atoms with Crippen LogP contribution in [0.2, 0.25) is 0 Å². The first kappa shape index (κ1) is 16.1. The van der Waals surface area contributed by atoms with E-state index in [0.717, 1.165) is 22.7 Å². The van der Waals surface area contributed by atoms with E-state index < -0.39 is 0 Å². The minimum atomic E-state index is -0.227. The predicted molar refractivity (Wildman–Crippen MR) is 84.4 cm³/mol. The van der Waals surface area contributed by atoms with Gasteiger partial charge >= 0.3 is 0 Å². The number of methoxy groups -OCH3 is 1. The molecular weight excluding hydrogens is 287 g/mol. The Labute approximate surface area is 129 Å². The zero-order chi connectivity index (χ0) is 15.2. The molecule has 1 heterocycles. The third-order valence-electron chi connectivity index (χ3n) is 3.33. The first-order chi connectivity index (χ1) is 10.2. The first-order valence-corrected chi connectivity index (χ1v) is 7.91. The third-order valence-corrected chi connectivity index (χ3v) is 4.41. The molecule has 1 unspecified atom stereocenters. The SMILES string of the molecule is CCc1nc(C(NCCOC)c2cccc(F)c2)sc1C. The summed E-state index contributed by atoms with van der Waals surface area (Å²) < 4.78 is 18.6. The summed E-state index contributed by atoms with van der Waals surface area (Å²) in [5, 5.41) is 4.38. The van der Waals surface area contributed by atoms with Crippen molar-refractivity contribution >= 4 is 11.3 Å². The van der Waals surface area contributed by atoms with E-state index in [-0.39, 0.29) is 11.9 Å². The largest absolute Gasteiger partial charge is 0.383 e. The molecule has 2 rings (SSSR count). The van der Waals surface area contributed by atoms with Crippen LogP contribution in [-0.2, 0) is 11.2 Å². The van der Waals surface area contributed by atoms with Crippen molar-refractivity contribution in [1.82, 2.24) is 10.3 Å². The Morgan fingerprint density at radius 1 is 1.43 bits per heavy atom. The quantitative estimate of drug-likeness (QED) is 0.795. The van der Waals surface area contributed by atoms with Crippen LogP contribution >= 0.6 is 11.3 Å². The maximum Gasteiger partial charge on any atom is 0.123 e. The lowest BCUT2D eigenvalue weighted by Gasteiger charge is -2.17. The molecule has 0 spiro atoms. The van der Waals surface area contributed by atoms with Crippen LogP contribution < -0.4 is 5.32 Å². The maximum absolute atomic E-state index is 13.5. The van der Waals surface area contributed by atoms with Crippen molar-refractivity contribution in [3.05, 3.63) is 51.2 Å². The minimum Gasteiger partial charge on any atom is -0.383 e. The number of benzene rings is 1. The van der Waals surface area contributed by atoms with Gasteiger partial charge in [-0.25, -0.2) is 9.37 Å². The molecule has 1 N–H and O–H groups in total. The third kappa shape index (κ3) is 4.09. The van der Waals surface area contributed by atoms with Gasteiger partial charge in [0, 0.05) is 18.5 Å². The van der Waals surface area contributed by atoms with E-state index in [1.165, 1.54) is 10.9 Å². The van der Waals surface area contributed by atoms with Gasteiger partial charge in [-0.1, -0.05) is 19.1 Å². The van der Waals surface area contributed by atoms with Gasteiger partial charge in [-0.3, -0.25) is 0 Å². The van der Waals surface area contributed by atoms with E-state index >= 15 is 0 Å². The van der Waals surface area contributed by atoms with Crippen LogP contribution in [0.15, 0.2) is 24.3 Å². The van der Waals surface area contributed by atoms with Crippen molar-refractivity contribution in [1.29, 1.82) is 0 Å². The fourth-order valence-electron chi connectivity index (χ4n) is 2.24. The number of nitrogens with zero attached hydrogens (tertiary/aromatic N) is 1. The minimum absolute atomic E-state index is 0.0974. The Hall–Kier alpha value is -1.30. The van der Waals surface area contributed by atoms with Crippen molar-refractivity contribution in [2.24, 2.45) is 0 Å². The molecule has 0 fully saturated rings. The highest BCUT2D eigenvalue weighted by Gasteiger charge is 2.19. The lowest BCUT2D eigenvalue weighted by atomic mass is 10.1. The molecule has 3 nitrogen and oxygen atoms in total. The molecule has 1 aromatic carbocycles. The predicted octanol–water partition coefficient (Wildman–Crippen LogP) is 3.48. The molecule has 0 aliphatic rings.